The van der Waals surface area contributed by atoms with E-state index in [2.05, 4.69) is 0 Å². The number of nitrogens with zero attached hydrogens (tertiary/aromatic N) is 1. The molecule has 1 unspecified atom stereocenters. The van der Waals surface area contributed by atoms with E-state index in [4.69, 9.17) is 5.11 Å². The number of hydrogen-bond donors (Lipinski definition) is 1. The molecule has 22 heavy (non-hydrogen) atoms. The normalized spacial score (nSPS) is 22.6. The molecule has 0 saturated carbocycles. The van der Waals surface area contributed by atoms with Gasteiger partial charge < -0.3 is 10.0 Å². The standard InChI is InChI=1S/C17H22FNO3/c1-11(7-8-13-5-3-4-6-15(13)18)16(20)19-9-12(2)14(10-19)17(21)22/h3-6,11-12,14H,7-10H2,1-2H3,(H,21,22)/t11?,12-,14-/m1/s1. The van der Waals surface area contributed by atoms with Crippen LogP contribution in [0.4, 0.5) is 4.39 Å². The van der Waals surface area contributed by atoms with Gasteiger partial charge in [-0.3, -0.25) is 9.59 Å². The molecule has 1 N–H and O–H groups in total. The van der Waals surface area contributed by atoms with Crippen LogP contribution < -0.4 is 0 Å². The van der Waals surface area contributed by atoms with Crippen molar-refractivity contribution in [2.45, 2.75) is 26.7 Å². The van der Waals surface area contributed by atoms with Crippen molar-refractivity contribution in [3.8, 4) is 0 Å². The molecule has 1 heterocycles. The molecule has 1 fully saturated rings. The number of aryl methyl sites for hydroxylation is 1. The van der Waals surface area contributed by atoms with Crippen LogP contribution in [-0.2, 0) is 16.0 Å². The first-order valence-corrected chi connectivity index (χ1v) is 7.65. The number of rotatable bonds is 5. The molecule has 1 amide bonds. The maximum absolute atomic E-state index is 13.6. The first-order valence-electron chi connectivity index (χ1n) is 7.65. The molecule has 1 aliphatic rings. The Labute approximate surface area is 129 Å². The van der Waals surface area contributed by atoms with Gasteiger partial charge in [-0.1, -0.05) is 32.0 Å². The lowest BCUT2D eigenvalue weighted by Crippen LogP contribution is -2.34. The second-order valence-electron chi connectivity index (χ2n) is 6.20. The molecule has 2 rings (SSSR count). The van der Waals surface area contributed by atoms with Crippen LogP contribution in [0.15, 0.2) is 24.3 Å². The van der Waals surface area contributed by atoms with Crippen molar-refractivity contribution in [2.24, 2.45) is 17.8 Å². The summed E-state index contributed by atoms with van der Waals surface area (Å²) in [4.78, 5) is 25.2. The predicted molar refractivity (Wildman–Crippen MR) is 80.8 cm³/mol. The van der Waals surface area contributed by atoms with Crippen LogP contribution in [-0.4, -0.2) is 35.0 Å². The van der Waals surface area contributed by atoms with Crippen molar-refractivity contribution >= 4 is 11.9 Å². The number of carbonyl (C=O) groups is 2. The Hall–Kier alpha value is -1.91. The fourth-order valence-corrected chi connectivity index (χ4v) is 2.98. The van der Waals surface area contributed by atoms with Gasteiger partial charge in [0.2, 0.25) is 5.91 Å². The molecule has 0 radical (unpaired) electrons. The Bertz CT molecular complexity index is 561. The summed E-state index contributed by atoms with van der Waals surface area (Å²) in [7, 11) is 0. The quantitative estimate of drug-likeness (QED) is 0.909. The van der Waals surface area contributed by atoms with Crippen molar-refractivity contribution in [2.75, 3.05) is 13.1 Å². The summed E-state index contributed by atoms with van der Waals surface area (Å²) in [6.45, 7) is 4.44. The summed E-state index contributed by atoms with van der Waals surface area (Å²) >= 11 is 0. The first-order chi connectivity index (χ1) is 10.4. The number of aliphatic carboxylic acids is 1. The van der Waals surface area contributed by atoms with Crippen molar-refractivity contribution in [3.63, 3.8) is 0 Å². The van der Waals surface area contributed by atoms with Crippen molar-refractivity contribution in [1.82, 2.24) is 4.90 Å². The summed E-state index contributed by atoms with van der Waals surface area (Å²) in [6, 6.07) is 6.57. The van der Waals surface area contributed by atoms with E-state index in [0.717, 1.165) is 0 Å². The molecule has 0 aromatic heterocycles. The number of halogens is 1. The molecular formula is C17H22FNO3. The third kappa shape index (κ3) is 3.64. The van der Waals surface area contributed by atoms with Gasteiger partial charge in [0, 0.05) is 19.0 Å². The Balaban J connectivity index is 1.90. The zero-order chi connectivity index (χ0) is 16.3. The lowest BCUT2D eigenvalue weighted by atomic mass is 9.99. The maximum atomic E-state index is 13.6. The Kier molecular flexibility index (Phi) is 5.16. The van der Waals surface area contributed by atoms with E-state index in [9.17, 15) is 14.0 Å². The molecular weight excluding hydrogens is 285 g/mol. The van der Waals surface area contributed by atoms with Crippen LogP contribution in [0.25, 0.3) is 0 Å². The van der Waals surface area contributed by atoms with Crippen molar-refractivity contribution in [3.05, 3.63) is 35.6 Å². The highest BCUT2D eigenvalue weighted by Crippen LogP contribution is 2.25. The van der Waals surface area contributed by atoms with Crippen LogP contribution in [0, 0.1) is 23.6 Å². The van der Waals surface area contributed by atoms with Gasteiger partial charge in [-0.2, -0.15) is 0 Å². The fraction of sp³-hybridized carbons (Fsp3) is 0.529. The third-order valence-corrected chi connectivity index (χ3v) is 4.47. The van der Waals surface area contributed by atoms with Gasteiger partial charge in [0.1, 0.15) is 5.82 Å². The number of likely N-dealkylation sites (tertiary alicyclic amines) is 1. The van der Waals surface area contributed by atoms with Gasteiger partial charge in [0.25, 0.3) is 0 Å². The molecule has 1 aliphatic heterocycles. The second-order valence-corrected chi connectivity index (χ2v) is 6.20. The number of benzene rings is 1. The van der Waals surface area contributed by atoms with E-state index in [-0.39, 0.29) is 30.1 Å². The molecule has 120 valence electrons. The molecule has 4 nitrogen and oxygen atoms in total. The zero-order valence-corrected chi connectivity index (χ0v) is 13.0. The van der Waals surface area contributed by atoms with E-state index in [0.29, 0.717) is 24.9 Å². The predicted octanol–water partition coefficient (Wildman–Crippen LogP) is 2.57. The average molecular weight is 307 g/mol. The van der Waals surface area contributed by atoms with E-state index in [1.807, 2.05) is 13.8 Å². The summed E-state index contributed by atoms with van der Waals surface area (Å²) in [6.07, 6.45) is 1.06. The summed E-state index contributed by atoms with van der Waals surface area (Å²) in [5, 5.41) is 9.12. The summed E-state index contributed by atoms with van der Waals surface area (Å²) in [5.74, 6) is -1.88. The maximum Gasteiger partial charge on any atom is 0.308 e. The number of hydrogen-bond acceptors (Lipinski definition) is 2. The molecule has 0 aliphatic carbocycles. The van der Waals surface area contributed by atoms with E-state index < -0.39 is 11.9 Å². The number of carboxylic acid groups (broad SMARTS) is 1. The van der Waals surface area contributed by atoms with Gasteiger partial charge in [-0.25, -0.2) is 4.39 Å². The fourth-order valence-electron chi connectivity index (χ4n) is 2.98. The van der Waals surface area contributed by atoms with Crippen molar-refractivity contribution in [1.29, 1.82) is 0 Å². The molecule has 1 aromatic rings. The third-order valence-electron chi connectivity index (χ3n) is 4.47. The SMILES string of the molecule is CC(CCc1ccccc1F)C(=O)N1C[C@@H](C)[C@H](C(=O)O)C1. The van der Waals surface area contributed by atoms with Crippen LogP contribution in [0.2, 0.25) is 0 Å². The lowest BCUT2D eigenvalue weighted by molar-refractivity contribution is -0.142. The smallest absolute Gasteiger partial charge is 0.308 e. The van der Waals surface area contributed by atoms with Gasteiger partial charge >= 0.3 is 5.97 Å². The Morgan fingerprint density at radius 1 is 1.36 bits per heavy atom. The minimum absolute atomic E-state index is 0.0276. The molecule has 1 saturated heterocycles. The largest absolute Gasteiger partial charge is 0.481 e. The van der Waals surface area contributed by atoms with Crippen LogP contribution in [0.3, 0.4) is 0 Å². The number of carboxylic acids is 1. The molecule has 5 heteroatoms. The second kappa shape index (κ2) is 6.90. The number of carbonyl (C=O) groups excluding carboxylic acids is 1. The first kappa shape index (κ1) is 16.5. The molecule has 0 bridgehead atoms. The van der Waals surface area contributed by atoms with Crippen LogP contribution >= 0.6 is 0 Å². The van der Waals surface area contributed by atoms with Gasteiger partial charge in [-0.05, 0) is 30.4 Å². The monoisotopic (exact) mass is 307 g/mol. The average Bonchev–Trinajstić information content (AvgIpc) is 2.87. The van der Waals surface area contributed by atoms with E-state index >= 15 is 0 Å². The summed E-state index contributed by atoms with van der Waals surface area (Å²) < 4.78 is 13.6. The van der Waals surface area contributed by atoms with Gasteiger partial charge in [0.15, 0.2) is 0 Å². The highest BCUT2D eigenvalue weighted by Gasteiger charge is 2.37. The molecule has 0 spiro atoms. The van der Waals surface area contributed by atoms with E-state index in [1.54, 1.807) is 23.1 Å². The van der Waals surface area contributed by atoms with Crippen LogP contribution in [0.1, 0.15) is 25.8 Å². The number of amides is 1. The van der Waals surface area contributed by atoms with Crippen molar-refractivity contribution < 1.29 is 19.1 Å². The van der Waals surface area contributed by atoms with Gasteiger partial charge in [0.05, 0.1) is 5.92 Å². The van der Waals surface area contributed by atoms with E-state index in [1.165, 1.54) is 6.07 Å². The summed E-state index contributed by atoms with van der Waals surface area (Å²) in [5.41, 5.74) is 0.611. The minimum atomic E-state index is -0.846. The topological polar surface area (TPSA) is 57.6 Å². The zero-order valence-electron chi connectivity index (χ0n) is 13.0. The minimum Gasteiger partial charge on any atom is -0.481 e. The molecule has 1 aromatic carbocycles. The lowest BCUT2D eigenvalue weighted by Gasteiger charge is -2.21. The Morgan fingerprint density at radius 3 is 2.64 bits per heavy atom. The van der Waals surface area contributed by atoms with Crippen LogP contribution in [0.5, 0.6) is 0 Å². The highest BCUT2D eigenvalue weighted by atomic mass is 19.1. The highest BCUT2D eigenvalue weighted by molar-refractivity contribution is 5.80. The molecule has 3 atom stereocenters. The Morgan fingerprint density at radius 2 is 2.05 bits per heavy atom. The van der Waals surface area contributed by atoms with Gasteiger partial charge in [-0.15, -0.1) is 0 Å².